The van der Waals surface area contributed by atoms with Crippen molar-refractivity contribution < 1.29 is 9.90 Å². The number of rotatable bonds is 3. The molecule has 10 heavy (non-hydrogen) atoms. The lowest BCUT2D eigenvalue weighted by Crippen LogP contribution is -2.30. The summed E-state index contributed by atoms with van der Waals surface area (Å²) in [5, 5.41) is 10.5. The molecule has 0 unspecified atom stereocenters. The Morgan fingerprint density at radius 2 is 2.00 bits per heavy atom. The number of aliphatic hydroxyl groups excluding tert-OH is 1. The summed E-state index contributed by atoms with van der Waals surface area (Å²) in [6.45, 7) is 0.534. The molecule has 0 saturated carbocycles. The average molecular weight is 191 g/mol. The van der Waals surface area contributed by atoms with E-state index in [1.807, 2.05) is 0 Å². The third-order valence-corrected chi connectivity index (χ3v) is 0.634. The minimum atomic E-state index is -0.543. The number of urea groups is 1. The minimum Gasteiger partial charge on any atom is -0.396 e. The minimum absolute atomic E-state index is 0. The molecule has 0 aliphatic rings. The smallest absolute Gasteiger partial charge is 0.312 e. The Hall–Kier alpha value is -0.190. The maximum Gasteiger partial charge on any atom is 0.312 e. The van der Waals surface area contributed by atoms with Crippen LogP contribution in [0.3, 0.4) is 0 Å². The van der Waals surface area contributed by atoms with Crippen molar-refractivity contribution in [1.82, 2.24) is 5.32 Å². The van der Waals surface area contributed by atoms with Crippen molar-refractivity contribution in [2.75, 3.05) is 13.2 Å². The fourth-order valence-electron chi connectivity index (χ4n) is 0.291. The van der Waals surface area contributed by atoms with Gasteiger partial charge in [0.15, 0.2) is 0 Å². The Balaban J connectivity index is -0.000000245. The van der Waals surface area contributed by atoms with E-state index >= 15 is 0 Å². The summed E-state index contributed by atoms with van der Waals surface area (Å²) in [5.74, 6) is 0. The molecule has 0 aromatic heterocycles. The first-order valence-corrected chi connectivity index (χ1v) is 2.41. The Bertz CT molecular complexity index is 81.7. The highest BCUT2D eigenvalue weighted by Gasteiger charge is 1.86. The largest absolute Gasteiger partial charge is 0.396 e. The van der Waals surface area contributed by atoms with E-state index < -0.39 is 6.03 Å². The number of hydrogen-bond acceptors (Lipinski definition) is 2. The molecule has 0 bridgehead atoms. The van der Waals surface area contributed by atoms with Crippen molar-refractivity contribution in [3.05, 3.63) is 0 Å². The molecule has 0 aliphatic heterocycles. The highest BCUT2D eigenvalue weighted by atomic mass is 35.5. The lowest BCUT2D eigenvalue weighted by Gasteiger charge is -1.95. The molecule has 0 radical (unpaired) electrons. The molecule has 6 heteroatoms. The number of aliphatic hydroxyl groups is 1. The van der Waals surface area contributed by atoms with Crippen molar-refractivity contribution >= 4 is 30.8 Å². The van der Waals surface area contributed by atoms with Crippen molar-refractivity contribution in [2.45, 2.75) is 6.42 Å². The zero-order valence-corrected chi connectivity index (χ0v) is 7.00. The first-order valence-electron chi connectivity index (χ1n) is 2.41. The van der Waals surface area contributed by atoms with Gasteiger partial charge >= 0.3 is 6.03 Å². The predicted octanol–water partition coefficient (Wildman–Crippen LogP) is -0.119. The molecular formula is C4H12Cl2N2O2. The van der Waals surface area contributed by atoms with Crippen LogP contribution in [0.5, 0.6) is 0 Å². The number of nitrogens with two attached hydrogens (primary N) is 1. The highest BCUT2D eigenvalue weighted by Crippen LogP contribution is 1.68. The van der Waals surface area contributed by atoms with Gasteiger partial charge in [-0.3, -0.25) is 0 Å². The van der Waals surface area contributed by atoms with Gasteiger partial charge in [-0.15, -0.1) is 24.8 Å². The van der Waals surface area contributed by atoms with Crippen molar-refractivity contribution in [2.24, 2.45) is 5.73 Å². The van der Waals surface area contributed by atoms with Crippen LogP contribution in [0.1, 0.15) is 6.42 Å². The molecule has 0 spiro atoms. The number of hydrogen-bond donors (Lipinski definition) is 3. The first kappa shape index (κ1) is 16.4. The van der Waals surface area contributed by atoms with Crippen LogP contribution in [-0.4, -0.2) is 24.3 Å². The molecule has 0 saturated heterocycles. The van der Waals surface area contributed by atoms with Crippen molar-refractivity contribution in [1.29, 1.82) is 0 Å². The van der Waals surface area contributed by atoms with Gasteiger partial charge in [0.25, 0.3) is 0 Å². The lowest BCUT2D eigenvalue weighted by atomic mass is 10.5. The van der Waals surface area contributed by atoms with Gasteiger partial charge in [-0.1, -0.05) is 0 Å². The Labute approximate surface area is 72.0 Å². The number of amides is 2. The summed E-state index contributed by atoms with van der Waals surface area (Å²) in [6.07, 6.45) is 0.558. The van der Waals surface area contributed by atoms with Crippen LogP contribution in [0, 0.1) is 0 Å². The van der Waals surface area contributed by atoms with Gasteiger partial charge in [0.1, 0.15) is 0 Å². The summed E-state index contributed by atoms with van der Waals surface area (Å²) in [6, 6.07) is -0.543. The summed E-state index contributed by atoms with van der Waals surface area (Å²) in [7, 11) is 0. The number of carbonyl (C=O) groups excluding carboxylic acids is 1. The predicted molar refractivity (Wildman–Crippen MR) is 43.8 cm³/mol. The SMILES string of the molecule is Cl.Cl.NC(=O)NCCCO. The first-order chi connectivity index (χ1) is 3.77. The molecule has 0 rings (SSSR count). The number of halogens is 2. The van der Waals surface area contributed by atoms with Crippen LogP contribution in [0.25, 0.3) is 0 Å². The maximum absolute atomic E-state index is 9.90. The van der Waals surface area contributed by atoms with E-state index in [2.05, 4.69) is 5.32 Å². The molecule has 0 atom stereocenters. The van der Waals surface area contributed by atoms with E-state index in [1.165, 1.54) is 0 Å². The summed E-state index contributed by atoms with van der Waals surface area (Å²) < 4.78 is 0. The van der Waals surface area contributed by atoms with Crippen LogP contribution >= 0.6 is 24.8 Å². The molecule has 4 N–H and O–H groups in total. The van der Waals surface area contributed by atoms with Gasteiger partial charge in [0.2, 0.25) is 0 Å². The van der Waals surface area contributed by atoms with Crippen LogP contribution < -0.4 is 11.1 Å². The quantitative estimate of drug-likeness (QED) is 0.544. The molecule has 2 amide bonds. The van der Waals surface area contributed by atoms with Gasteiger partial charge in [-0.25, -0.2) is 4.79 Å². The van der Waals surface area contributed by atoms with Gasteiger partial charge < -0.3 is 16.2 Å². The molecule has 0 aromatic rings. The monoisotopic (exact) mass is 190 g/mol. The van der Waals surface area contributed by atoms with Gasteiger partial charge in [-0.05, 0) is 6.42 Å². The van der Waals surface area contributed by atoms with E-state index in [0.717, 1.165) is 0 Å². The van der Waals surface area contributed by atoms with E-state index in [9.17, 15) is 4.79 Å². The van der Waals surface area contributed by atoms with E-state index in [1.54, 1.807) is 0 Å². The van der Waals surface area contributed by atoms with Crippen LogP contribution in [0.4, 0.5) is 4.79 Å². The second-order valence-corrected chi connectivity index (χ2v) is 1.37. The van der Waals surface area contributed by atoms with Gasteiger partial charge in [0.05, 0.1) is 0 Å². The van der Waals surface area contributed by atoms with Gasteiger partial charge in [-0.2, -0.15) is 0 Å². The zero-order chi connectivity index (χ0) is 6.41. The van der Waals surface area contributed by atoms with Crippen molar-refractivity contribution in [3.63, 3.8) is 0 Å². The topological polar surface area (TPSA) is 75.4 Å². The molecule has 0 heterocycles. The fraction of sp³-hybridized carbons (Fsp3) is 0.750. The highest BCUT2D eigenvalue weighted by molar-refractivity contribution is 5.85. The van der Waals surface area contributed by atoms with Crippen LogP contribution in [-0.2, 0) is 0 Å². The average Bonchev–Trinajstić information content (AvgIpc) is 1.66. The Morgan fingerprint density at radius 1 is 1.50 bits per heavy atom. The van der Waals surface area contributed by atoms with Crippen LogP contribution in [0.15, 0.2) is 0 Å². The van der Waals surface area contributed by atoms with E-state index in [-0.39, 0.29) is 31.4 Å². The second-order valence-electron chi connectivity index (χ2n) is 1.37. The maximum atomic E-state index is 9.90. The molecule has 0 aromatic carbocycles. The molecule has 64 valence electrons. The van der Waals surface area contributed by atoms with E-state index in [4.69, 9.17) is 10.8 Å². The van der Waals surface area contributed by atoms with Gasteiger partial charge in [0, 0.05) is 13.2 Å². The summed E-state index contributed by atoms with van der Waals surface area (Å²) in [5.41, 5.74) is 4.70. The number of carbonyl (C=O) groups is 1. The number of primary amides is 1. The molecule has 0 fully saturated rings. The third-order valence-electron chi connectivity index (χ3n) is 0.634. The zero-order valence-electron chi connectivity index (χ0n) is 5.37. The molecule has 0 aliphatic carbocycles. The summed E-state index contributed by atoms with van der Waals surface area (Å²) >= 11 is 0. The van der Waals surface area contributed by atoms with Crippen LogP contribution in [0.2, 0.25) is 0 Å². The normalized spacial score (nSPS) is 6.90. The Kier molecular flexibility index (Phi) is 19.0. The molecular weight excluding hydrogens is 179 g/mol. The standard InChI is InChI=1S/C4H10N2O2.2ClH/c5-4(8)6-2-1-3-7;;/h7H,1-3H2,(H3,5,6,8);2*1H. The lowest BCUT2D eigenvalue weighted by molar-refractivity contribution is 0.246. The van der Waals surface area contributed by atoms with E-state index in [0.29, 0.717) is 13.0 Å². The third kappa shape index (κ3) is 15.7. The fourth-order valence-corrected chi connectivity index (χ4v) is 0.291. The van der Waals surface area contributed by atoms with Crippen molar-refractivity contribution in [3.8, 4) is 0 Å². The summed E-state index contributed by atoms with van der Waals surface area (Å²) in [4.78, 5) is 9.90. The second kappa shape index (κ2) is 11.6. The number of nitrogens with one attached hydrogen (secondary N) is 1. The molecule has 4 nitrogen and oxygen atoms in total. The Morgan fingerprint density at radius 3 is 2.30 bits per heavy atom.